The number of ether oxygens (including phenoxy) is 1. The van der Waals surface area contributed by atoms with Crippen molar-refractivity contribution in [2.45, 2.75) is 27.2 Å². The summed E-state index contributed by atoms with van der Waals surface area (Å²) in [5, 5.41) is 0. The van der Waals surface area contributed by atoms with Gasteiger partial charge in [0.05, 0.1) is 12.2 Å². The lowest BCUT2D eigenvalue weighted by atomic mass is 10.1. The van der Waals surface area contributed by atoms with Gasteiger partial charge in [0.1, 0.15) is 5.75 Å². The van der Waals surface area contributed by atoms with E-state index in [0.717, 1.165) is 6.42 Å². The average molecular weight is 221 g/mol. The third-order valence-corrected chi connectivity index (χ3v) is 2.60. The molecule has 2 N–H and O–H groups in total. The number of hydrogen-bond donors (Lipinski definition) is 1. The average Bonchev–Trinajstić information content (AvgIpc) is 2.26. The summed E-state index contributed by atoms with van der Waals surface area (Å²) in [6.45, 7) is 6.37. The quantitative estimate of drug-likeness (QED) is 0.614. The Morgan fingerprint density at radius 3 is 2.75 bits per heavy atom. The van der Waals surface area contributed by atoms with Crippen LogP contribution in [0.1, 0.15) is 37.6 Å². The Morgan fingerprint density at radius 1 is 1.50 bits per heavy atom. The number of anilines is 1. The number of Topliss-reactive ketones (excluding diaryl/α,β-unsaturated/α-hetero) is 1. The van der Waals surface area contributed by atoms with E-state index in [1.807, 2.05) is 0 Å². The summed E-state index contributed by atoms with van der Waals surface area (Å²) in [5.41, 5.74) is 6.78. The molecule has 1 unspecified atom stereocenters. The van der Waals surface area contributed by atoms with Gasteiger partial charge in [-0.3, -0.25) is 4.79 Å². The molecule has 3 nitrogen and oxygen atoms in total. The Balaban J connectivity index is 2.82. The van der Waals surface area contributed by atoms with Crippen LogP contribution in [0.5, 0.6) is 5.75 Å². The number of nitrogen functional groups attached to an aromatic ring is 1. The van der Waals surface area contributed by atoms with E-state index in [9.17, 15) is 4.79 Å². The molecule has 0 spiro atoms. The fourth-order valence-corrected chi connectivity index (χ4v) is 1.30. The van der Waals surface area contributed by atoms with Crippen LogP contribution in [0.15, 0.2) is 18.2 Å². The fourth-order valence-electron chi connectivity index (χ4n) is 1.30. The predicted octanol–water partition coefficient (Wildman–Crippen LogP) is 2.90. The Labute approximate surface area is 96.6 Å². The van der Waals surface area contributed by atoms with E-state index in [4.69, 9.17) is 10.5 Å². The Hall–Kier alpha value is -1.51. The molecule has 0 amide bonds. The van der Waals surface area contributed by atoms with Gasteiger partial charge in [0.15, 0.2) is 5.78 Å². The number of carbonyl (C=O) groups is 1. The minimum absolute atomic E-state index is 0.0218. The van der Waals surface area contributed by atoms with Crippen LogP contribution in [0.25, 0.3) is 0 Å². The molecule has 0 aliphatic rings. The molecule has 1 aromatic rings. The second-order valence-electron chi connectivity index (χ2n) is 4.14. The normalized spacial score (nSPS) is 12.2. The first-order valence-electron chi connectivity index (χ1n) is 5.57. The van der Waals surface area contributed by atoms with Gasteiger partial charge in [-0.2, -0.15) is 0 Å². The summed E-state index contributed by atoms with van der Waals surface area (Å²) in [6.07, 6.45) is 1.06. The molecule has 0 aliphatic heterocycles. The summed E-state index contributed by atoms with van der Waals surface area (Å²) >= 11 is 0. The molecule has 0 saturated heterocycles. The highest BCUT2D eigenvalue weighted by Gasteiger charge is 2.10. The Morgan fingerprint density at radius 2 is 2.19 bits per heavy atom. The van der Waals surface area contributed by atoms with E-state index in [1.165, 1.54) is 6.92 Å². The molecular formula is C13H19NO2. The van der Waals surface area contributed by atoms with Crippen LogP contribution >= 0.6 is 0 Å². The van der Waals surface area contributed by atoms with Gasteiger partial charge in [0, 0.05) is 5.69 Å². The van der Waals surface area contributed by atoms with Gasteiger partial charge in [-0.05, 0) is 31.0 Å². The lowest BCUT2D eigenvalue weighted by molar-refractivity contribution is 0.101. The van der Waals surface area contributed by atoms with Crippen LogP contribution in [0.2, 0.25) is 0 Å². The molecule has 3 heteroatoms. The maximum Gasteiger partial charge on any atom is 0.163 e. The summed E-state index contributed by atoms with van der Waals surface area (Å²) in [6, 6.07) is 5.17. The van der Waals surface area contributed by atoms with E-state index in [-0.39, 0.29) is 5.78 Å². The van der Waals surface area contributed by atoms with Crippen molar-refractivity contribution in [2.24, 2.45) is 5.92 Å². The third kappa shape index (κ3) is 3.26. The highest BCUT2D eigenvalue weighted by molar-refractivity contribution is 5.97. The number of ketones is 1. The van der Waals surface area contributed by atoms with Gasteiger partial charge >= 0.3 is 0 Å². The van der Waals surface area contributed by atoms with Crippen molar-refractivity contribution in [1.82, 2.24) is 0 Å². The number of nitrogens with two attached hydrogens (primary N) is 1. The van der Waals surface area contributed by atoms with Crippen molar-refractivity contribution in [3.63, 3.8) is 0 Å². The largest absolute Gasteiger partial charge is 0.493 e. The van der Waals surface area contributed by atoms with Crippen molar-refractivity contribution < 1.29 is 9.53 Å². The first-order chi connectivity index (χ1) is 7.54. The highest BCUT2D eigenvalue weighted by Crippen LogP contribution is 2.22. The summed E-state index contributed by atoms with van der Waals surface area (Å²) in [4.78, 5) is 11.4. The molecule has 0 heterocycles. The topological polar surface area (TPSA) is 52.3 Å². The van der Waals surface area contributed by atoms with Crippen LogP contribution in [-0.4, -0.2) is 12.4 Å². The molecule has 0 aliphatic carbocycles. The predicted molar refractivity (Wildman–Crippen MR) is 65.8 cm³/mol. The van der Waals surface area contributed by atoms with Crippen LogP contribution in [-0.2, 0) is 0 Å². The molecule has 0 fully saturated rings. The van der Waals surface area contributed by atoms with Crippen LogP contribution in [0, 0.1) is 5.92 Å². The monoisotopic (exact) mass is 221 g/mol. The van der Waals surface area contributed by atoms with Crippen molar-refractivity contribution in [2.75, 3.05) is 12.3 Å². The molecule has 1 atom stereocenters. The molecule has 0 radical (unpaired) electrons. The number of carbonyl (C=O) groups excluding carboxylic acids is 1. The maximum absolute atomic E-state index is 11.4. The molecule has 16 heavy (non-hydrogen) atoms. The SMILES string of the molecule is CCC(C)COc1ccc(N)cc1C(C)=O. The number of benzene rings is 1. The van der Waals surface area contributed by atoms with Gasteiger partial charge in [-0.1, -0.05) is 20.3 Å². The zero-order valence-corrected chi connectivity index (χ0v) is 10.1. The second-order valence-corrected chi connectivity index (χ2v) is 4.14. The fraction of sp³-hybridized carbons (Fsp3) is 0.462. The van der Waals surface area contributed by atoms with E-state index >= 15 is 0 Å². The van der Waals surface area contributed by atoms with Gasteiger partial charge in [-0.25, -0.2) is 0 Å². The van der Waals surface area contributed by atoms with Gasteiger partial charge in [-0.15, -0.1) is 0 Å². The molecule has 1 aromatic carbocycles. The third-order valence-electron chi connectivity index (χ3n) is 2.60. The number of hydrogen-bond acceptors (Lipinski definition) is 3. The Bertz CT molecular complexity index is 374. The van der Waals surface area contributed by atoms with Gasteiger partial charge in [0.25, 0.3) is 0 Å². The zero-order valence-electron chi connectivity index (χ0n) is 10.1. The smallest absolute Gasteiger partial charge is 0.163 e. The first kappa shape index (κ1) is 12.6. The highest BCUT2D eigenvalue weighted by atomic mass is 16.5. The minimum atomic E-state index is -0.0218. The molecule has 0 saturated carbocycles. The van der Waals surface area contributed by atoms with E-state index in [2.05, 4.69) is 13.8 Å². The summed E-state index contributed by atoms with van der Waals surface area (Å²) in [7, 11) is 0. The molecule has 0 bridgehead atoms. The van der Waals surface area contributed by atoms with Crippen LogP contribution in [0.3, 0.4) is 0 Å². The maximum atomic E-state index is 11.4. The van der Waals surface area contributed by atoms with Crippen molar-refractivity contribution >= 4 is 11.5 Å². The van der Waals surface area contributed by atoms with Crippen molar-refractivity contribution in [3.05, 3.63) is 23.8 Å². The van der Waals surface area contributed by atoms with E-state index < -0.39 is 0 Å². The molecular weight excluding hydrogens is 202 g/mol. The van der Waals surface area contributed by atoms with Crippen molar-refractivity contribution in [1.29, 1.82) is 0 Å². The summed E-state index contributed by atoms with van der Waals surface area (Å²) in [5.74, 6) is 1.09. The van der Waals surface area contributed by atoms with Crippen LogP contribution in [0.4, 0.5) is 5.69 Å². The molecule has 0 aromatic heterocycles. The number of rotatable bonds is 5. The lowest BCUT2D eigenvalue weighted by Crippen LogP contribution is -2.09. The zero-order chi connectivity index (χ0) is 12.1. The second kappa shape index (κ2) is 5.54. The standard InChI is InChI=1S/C13H19NO2/c1-4-9(2)8-16-13-6-5-11(14)7-12(13)10(3)15/h5-7,9H,4,8,14H2,1-3H3. The van der Waals surface area contributed by atoms with Gasteiger partial charge in [0.2, 0.25) is 0 Å². The lowest BCUT2D eigenvalue weighted by Gasteiger charge is -2.13. The molecule has 1 rings (SSSR count). The Kier molecular flexibility index (Phi) is 4.35. The molecule has 88 valence electrons. The minimum Gasteiger partial charge on any atom is -0.493 e. The summed E-state index contributed by atoms with van der Waals surface area (Å²) < 4.78 is 5.63. The van der Waals surface area contributed by atoms with E-state index in [0.29, 0.717) is 29.5 Å². The van der Waals surface area contributed by atoms with Crippen LogP contribution < -0.4 is 10.5 Å². The van der Waals surface area contributed by atoms with Crippen molar-refractivity contribution in [3.8, 4) is 5.75 Å². The van der Waals surface area contributed by atoms with E-state index in [1.54, 1.807) is 18.2 Å². The van der Waals surface area contributed by atoms with Gasteiger partial charge < -0.3 is 10.5 Å². The first-order valence-corrected chi connectivity index (χ1v) is 5.57.